The van der Waals surface area contributed by atoms with Gasteiger partial charge in [0.15, 0.2) is 0 Å². The molecule has 3 heteroatoms. The minimum absolute atomic E-state index is 0.0108. The number of fused-ring (bicyclic) bond motifs is 1. The van der Waals surface area contributed by atoms with Crippen LogP contribution < -0.4 is 5.32 Å². The lowest BCUT2D eigenvalue weighted by Gasteiger charge is -2.63. The highest BCUT2D eigenvalue weighted by molar-refractivity contribution is 5.82. The summed E-state index contributed by atoms with van der Waals surface area (Å²) in [6.07, 6.45) is 4.49. The Morgan fingerprint density at radius 3 is 3.05 bits per heavy atom. The van der Waals surface area contributed by atoms with Crippen LogP contribution >= 0.6 is 0 Å². The zero-order valence-corrected chi connectivity index (χ0v) is 12.7. The Morgan fingerprint density at radius 1 is 1.33 bits per heavy atom. The van der Waals surface area contributed by atoms with Gasteiger partial charge in [-0.15, -0.1) is 0 Å². The van der Waals surface area contributed by atoms with E-state index in [0.29, 0.717) is 24.7 Å². The number of hydrogen-bond donors (Lipinski definition) is 1. The quantitative estimate of drug-likeness (QED) is 0.905. The first kappa shape index (κ1) is 13.5. The van der Waals surface area contributed by atoms with Crippen LogP contribution in [0, 0.1) is 5.41 Å². The fraction of sp³-hybridized carbons (Fsp3) is 0.611. The first-order valence-corrected chi connectivity index (χ1v) is 8.04. The van der Waals surface area contributed by atoms with Crippen molar-refractivity contribution in [1.82, 2.24) is 5.32 Å². The number of hydrogen-bond acceptors (Lipinski definition) is 3. The topological polar surface area (TPSA) is 38.3 Å². The zero-order chi connectivity index (χ0) is 14.5. The number of nitrogens with one attached hydrogen (secondary N) is 1. The van der Waals surface area contributed by atoms with Gasteiger partial charge in [0, 0.05) is 36.8 Å². The SMILES string of the molecule is COC[C@@]12CCC(=O)C[C@@]13CCN[C@@H]2Cc1ccccc13. The molecule has 2 aliphatic carbocycles. The molecule has 3 nitrogen and oxygen atoms in total. The van der Waals surface area contributed by atoms with Gasteiger partial charge in [-0.05, 0) is 36.9 Å². The lowest BCUT2D eigenvalue weighted by atomic mass is 9.44. The van der Waals surface area contributed by atoms with Gasteiger partial charge in [0.25, 0.3) is 0 Å². The Hall–Kier alpha value is -1.19. The summed E-state index contributed by atoms with van der Waals surface area (Å²) >= 11 is 0. The van der Waals surface area contributed by atoms with E-state index in [1.165, 1.54) is 11.1 Å². The molecule has 1 aromatic carbocycles. The highest BCUT2D eigenvalue weighted by atomic mass is 16.5. The van der Waals surface area contributed by atoms with E-state index in [0.717, 1.165) is 32.4 Å². The minimum Gasteiger partial charge on any atom is -0.384 e. The highest BCUT2D eigenvalue weighted by Crippen LogP contribution is 2.60. The van der Waals surface area contributed by atoms with Gasteiger partial charge in [-0.25, -0.2) is 0 Å². The molecule has 0 radical (unpaired) electrons. The molecular weight excluding hydrogens is 262 g/mol. The van der Waals surface area contributed by atoms with Gasteiger partial charge in [0.05, 0.1) is 6.61 Å². The van der Waals surface area contributed by atoms with E-state index in [2.05, 4.69) is 29.6 Å². The fourth-order valence-corrected chi connectivity index (χ4v) is 5.42. The molecule has 3 atom stereocenters. The summed E-state index contributed by atoms with van der Waals surface area (Å²) in [7, 11) is 1.80. The van der Waals surface area contributed by atoms with Crippen molar-refractivity contribution in [2.24, 2.45) is 5.41 Å². The maximum absolute atomic E-state index is 12.3. The standard InChI is InChI=1S/C18H23NO2/c1-21-12-18-7-6-14(20)11-17(18)8-9-19-16(18)10-13-4-2-3-5-15(13)17/h2-5,16,19H,6-12H2,1H3/t16-,17-,18-/m1/s1. The summed E-state index contributed by atoms with van der Waals surface area (Å²) in [6, 6.07) is 9.20. The third kappa shape index (κ3) is 1.65. The fourth-order valence-electron chi connectivity index (χ4n) is 5.42. The van der Waals surface area contributed by atoms with E-state index < -0.39 is 0 Å². The molecule has 0 spiro atoms. The average Bonchev–Trinajstić information content (AvgIpc) is 2.48. The average molecular weight is 285 g/mol. The third-order valence-corrected chi connectivity index (χ3v) is 6.27. The monoisotopic (exact) mass is 285 g/mol. The first-order chi connectivity index (χ1) is 10.2. The van der Waals surface area contributed by atoms with Crippen molar-refractivity contribution >= 4 is 5.78 Å². The summed E-state index contributed by atoms with van der Waals surface area (Å²) in [6.45, 7) is 1.77. The molecule has 0 unspecified atom stereocenters. The van der Waals surface area contributed by atoms with E-state index in [4.69, 9.17) is 4.74 Å². The van der Waals surface area contributed by atoms with Crippen molar-refractivity contribution in [3.63, 3.8) is 0 Å². The van der Waals surface area contributed by atoms with E-state index in [-0.39, 0.29) is 10.8 Å². The number of piperidine rings is 1. The van der Waals surface area contributed by atoms with E-state index >= 15 is 0 Å². The summed E-state index contributed by atoms with van der Waals surface area (Å²) in [5.41, 5.74) is 2.93. The number of carbonyl (C=O) groups excluding carboxylic acids is 1. The molecule has 21 heavy (non-hydrogen) atoms. The number of carbonyl (C=O) groups is 1. The van der Waals surface area contributed by atoms with Crippen LogP contribution in [-0.2, 0) is 21.4 Å². The van der Waals surface area contributed by atoms with Crippen LogP contribution in [0.15, 0.2) is 24.3 Å². The smallest absolute Gasteiger partial charge is 0.133 e. The molecule has 0 aromatic heterocycles. The Balaban J connectivity index is 1.95. The van der Waals surface area contributed by atoms with Crippen molar-refractivity contribution in [2.45, 2.75) is 43.6 Å². The predicted molar refractivity (Wildman–Crippen MR) is 81.4 cm³/mol. The van der Waals surface area contributed by atoms with E-state index in [1.807, 2.05) is 0 Å². The predicted octanol–water partition coefficient (Wildman–Crippen LogP) is 2.23. The molecule has 1 saturated carbocycles. The van der Waals surface area contributed by atoms with Crippen LogP contribution in [0.5, 0.6) is 0 Å². The molecule has 2 bridgehead atoms. The molecule has 3 aliphatic rings. The maximum atomic E-state index is 12.3. The third-order valence-electron chi connectivity index (χ3n) is 6.27. The molecule has 1 aromatic rings. The van der Waals surface area contributed by atoms with Crippen LogP contribution in [-0.4, -0.2) is 32.1 Å². The molecule has 0 amide bonds. The van der Waals surface area contributed by atoms with Gasteiger partial charge in [0.2, 0.25) is 0 Å². The second-order valence-electron chi connectivity index (χ2n) is 7.00. The molecule has 1 heterocycles. The molecule has 1 saturated heterocycles. The van der Waals surface area contributed by atoms with Gasteiger partial charge in [-0.1, -0.05) is 24.3 Å². The van der Waals surface area contributed by atoms with Crippen LogP contribution in [0.1, 0.15) is 36.8 Å². The van der Waals surface area contributed by atoms with Crippen molar-refractivity contribution in [3.8, 4) is 0 Å². The molecule has 4 rings (SSSR count). The second-order valence-corrected chi connectivity index (χ2v) is 7.00. The molecule has 1 N–H and O–H groups in total. The van der Waals surface area contributed by atoms with Crippen LogP contribution in [0.2, 0.25) is 0 Å². The summed E-state index contributed by atoms with van der Waals surface area (Å²) in [5, 5.41) is 3.73. The largest absolute Gasteiger partial charge is 0.384 e. The number of ketones is 1. The first-order valence-electron chi connectivity index (χ1n) is 8.04. The van der Waals surface area contributed by atoms with Crippen molar-refractivity contribution in [3.05, 3.63) is 35.4 Å². The van der Waals surface area contributed by atoms with Gasteiger partial charge in [0.1, 0.15) is 5.78 Å². The number of methoxy groups -OCH3 is 1. The molecular formula is C18H23NO2. The Bertz CT molecular complexity index is 584. The minimum atomic E-state index is -0.0108. The normalized spacial score (nSPS) is 37.8. The Morgan fingerprint density at radius 2 is 2.19 bits per heavy atom. The summed E-state index contributed by atoms with van der Waals surface area (Å²) in [4.78, 5) is 12.3. The zero-order valence-electron chi connectivity index (χ0n) is 12.7. The Kier molecular flexibility index (Phi) is 2.98. The number of Topliss-reactive ketones (excluding diaryl/α,β-unsaturated/α-hetero) is 1. The van der Waals surface area contributed by atoms with E-state index in [1.54, 1.807) is 7.11 Å². The molecule has 1 aliphatic heterocycles. The van der Waals surface area contributed by atoms with Gasteiger partial charge in [-0.3, -0.25) is 4.79 Å². The van der Waals surface area contributed by atoms with E-state index in [9.17, 15) is 4.79 Å². The summed E-state index contributed by atoms with van der Waals surface area (Å²) in [5.74, 6) is 0.430. The Labute approximate surface area is 126 Å². The highest BCUT2D eigenvalue weighted by Gasteiger charge is 2.63. The van der Waals surface area contributed by atoms with Crippen molar-refractivity contribution in [2.75, 3.05) is 20.3 Å². The maximum Gasteiger partial charge on any atom is 0.133 e. The second kappa shape index (κ2) is 4.65. The number of rotatable bonds is 2. The van der Waals surface area contributed by atoms with Crippen LogP contribution in [0.3, 0.4) is 0 Å². The van der Waals surface area contributed by atoms with Gasteiger partial charge in [-0.2, -0.15) is 0 Å². The number of benzene rings is 1. The van der Waals surface area contributed by atoms with Gasteiger partial charge >= 0.3 is 0 Å². The van der Waals surface area contributed by atoms with Crippen LogP contribution in [0.25, 0.3) is 0 Å². The molecule has 2 fully saturated rings. The van der Waals surface area contributed by atoms with Gasteiger partial charge < -0.3 is 10.1 Å². The van der Waals surface area contributed by atoms with Crippen molar-refractivity contribution < 1.29 is 9.53 Å². The lowest BCUT2D eigenvalue weighted by molar-refractivity contribution is -0.136. The lowest BCUT2D eigenvalue weighted by Crippen LogP contribution is -2.69. The number of ether oxygens (including phenoxy) is 1. The molecule has 112 valence electrons. The van der Waals surface area contributed by atoms with Crippen molar-refractivity contribution in [1.29, 1.82) is 0 Å². The van der Waals surface area contributed by atoms with Crippen LogP contribution in [0.4, 0.5) is 0 Å². The summed E-state index contributed by atoms with van der Waals surface area (Å²) < 4.78 is 5.67.